The number of fused-ring (bicyclic) bond motifs is 2. The molecule has 0 atom stereocenters. The normalized spacial score (nSPS) is 11.0. The summed E-state index contributed by atoms with van der Waals surface area (Å²) in [7, 11) is 0. The fraction of sp³-hybridized carbons (Fsp3) is 0.0345. The highest BCUT2D eigenvalue weighted by Crippen LogP contribution is 2.33. The number of rotatable bonds is 5. The Morgan fingerprint density at radius 2 is 1.62 bits per heavy atom. The summed E-state index contributed by atoms with van der Waals surface area (Å²) in [6.45, 7) is 0. The molecule has 2 N–H and O–H groups in total. The van der Waals surface area contributed by atoms with Crippen LogP contribution in [0.3, 0.4) is 0 Å². The third kappa shape index (κ3) is 4.55. The van der Waals surface area contributed by atoms with E-state index in [-0.39, 0.29) is 6.42 Å². The number of amides is 1. The monoisotopic (exact) mass is 488 g/mol. The number of carbonyl (C=O) groups is 2. The molecule has 8 nitrogen and oxygen atoms in total. The summed E-state index contributed by atoms with van der Waals surface area (Å²) < 4.78 is 6.07. The lowest BCUT2D eigenvalue weighted by molar-refractivity contribution is -0.148. The van der Waals surface area contributed by atoms with Crippen LogP contribution in [0, 0.1) is 0 Å². The number of hydrogen-bond acceptors (Lipinski definition) is 6. The summed E-state index contributed by atoms with van der Waals surface area (Å²) in [5, 5.41) is 9.39. The third-order valence-corrected chi connectivity index (χ3v) is 6.01. The molecule has 6 rings (SSSR count). The molecular weight excluding hydrogens is 468 g/mol. The number of oxazole rings is 1. The first kappa shape index (κ1) is 22.2. The highest BCUT2D eigenvalue weighted by atomic mass is 16.7. The van der Waals surface area contributed by atoms with E-state index in [9.17, 15) is 9.59 Å². The highest BCUT2D eigenvalue weighted by Gasteiger charge is 2.17. The lowest BCUT2D eigenvalue weighted by Crippen LogP contribution is -2.27. The third-order valence-electron chi connectivity index (χ3n) is 6.01. The van der Waals surface area contributed by atoms with Crippen LogP contribution in [-0.2, 0) is 16.1 Å². The largest absolute Gasteiger partial charge is 0.436 e. The average Bonchev–Trinajstić information content (AvgIpc) is 3.58. The fourth-order valence-corrected chi connectivity index (χ4v) is 4.14. The Hall–Kier alpha value is -5.24. The van der Waals surface area contributed by atoms with E-state index in [1.54, 1.807) is 36.5 Å². The van der Waals surface area contributed by atoms with Gasteiger partial charge in [0.25, 0.3) is 5.91 Å². The number of carbonyl (C=O) groups excluding carboxylic acids is 2. The van der Waals surface area contributed by atoms with Gasteiger partial charge in [0, 0.05) is 11.1 Å². The van der Waals surface area contributed by atoms with Crippen LogP contribution in [0.25, 0.3) is 44.6 Å². The van der Waals surface area contributed by atoms with Gasteiger partial charge in [-0.1, -0.05) is 66.7 Å². The molecule has 0 aliphatic carbocycles. The van der Waals surface area contributed by atoms with Crippen molar-refractivity contribution in [3.8, 4) is 22.7 Å². The maximum absolute atomic E-state index is 12.2. The summed E-state index contributed by atoms with van der Waals surface area (Å²) in [5.41, 5.74) is 7.13. The molecule has 0 saturated heterocycles. The minimum absolute atomic E-state index is 0.00384. The van der Waals surface area contributed by atoms with Gasteiger partial charge in [-0.25, -0.2) is 9.78 Å². The molecule has 0 aliphatic rings. The number of hydroxylamine groups is 1. The molecule has 2 heterocycles. The van der Waals surface area contributed by atoms with E-state index >= 15 is 0 Å². The minimum Gasteiger partial charge on any atom is -0.436 e. The van der Waals surface area contributed by atoms with Crippen LogP contribution in [0.4, 0.5) is 0 Å². The van der Waals surface area contributed by atoms with E-state index in [1.807, 2.05) is 60.7 Å². The van der Waals surface area contributed by atoms with Gasteiger partial charge in [-0.2, -0.15) is 10.6 Å². The summed E-state index contributed by atoms with van der Waals surface area (Å²) in [6.07, 6.45) is 1.68. The second-order valence-corrected chi connectivity index (χ2v) is 8.49. The van der Waals surface area contributed by atoms with Gasteiger partial charge in [-0.3, -0.25) is 9.89 Å². The Kier molecular flexibility index (Phi) is 5.67. The average molecular weight is 489 g/mol. The van der Waals surface area contributed by atoms with Gasteiger partial charge in [0.1, 0.15) is 5.52 Å². The van der Waals surface area contributed by atoms with E-state index in [1.165, 1.54) is 0 Å². The lowest BCUT2D eigenvalue weighted by atomic mass is 10.0. The number of aromatic amines is 1. The van der Waals surface area contributed by atoms with Crippen molar-refractivity contribution in [1.82, 2.24) is 20.7 Å². The Labute approximate surface area is 210 Å². The summed E-state index contributed by atoms with van der Waals surface area (Å²) in [6, 6.07) is 28.0. The number of H-pyrrole nitrogens is 1. The molecule has 0 spiro atoms. The molecule has 0 saturated carbocycles. The zero-order valence-corrected chi connectivity index (χ0v) is 19.5. The lowest BCUT2D eigenvalue weighted by Gasteiger charge is -2.07. The van der Waals surface area contributed by atoms with Gasteiger partial charge >= 0.3 is 5.97 Å². The zero-order valence-electron chi connectivity index (χ0n) is 19.5. The predicted molar refractivity (Wildman–Crippen MR) is 138 cm³/mol. The van der Waals surface area contributed by atoms with Crippen LogP contribution in [0.5, 0.6) is 0 Å². The first-order valence-electron chi connectivity index (χ1n) is 11.6. The van der Waals surface area contributed by atoms with Gasteiger partial charge in [-0.05, 0) is 40.6 Å². The second kappa shape index (κ2) is 9.43. The van der Waals surface area contributed by atoms with Crippen LogP contribution < -0.4 is 5.48 Å². The molecule has 0 unspecified atom stereocenters. The van der Waals surface area contributed by atoms with Crippen LogP contribution in [0.15, 0.2) is 102 Å². The Morgan fingerprint density at radius 1 is 0.892 bits per heavy atom. The van der Waals surface area contributed by atoms with E-state index in [0.717, 1.165) is 38.7 Å². The van der Waals surface area contributed by atoms with Crippen molar-refractivity contribution in [1.29, 1.82) is 0 Å². The molecule has 180 valence electrons. The molecule has 0 fully saturated rings. The van der Waals surface area contributed by atoms with Crippen LogP contribution in [-0.4, -0.2) is 27.1 Å². The van der Waals surface area contributed by atoms with Crippen molar-refractivity contribution in [2.24, 2.45) is 0 Å². The van der Waals surface area contributed by atoms with Crippen LogP contribution >= 0.6 is 0 Å². The van der Waals surface area contributed by atoms with Crippen molar-refractivity contribution in [3.05, 3.63) is 108 Å². The quantitative estimate of drug-likeness (QED) is 0.312. The topological polar surface area (TPSA) is 110 Å². The SMILES string of the molecule is O=C(Cc1ccc(-c2[nH]ncc2-c2nc3cc4ccccc4cc3o2)cc1)ONC(=O)c1ccccc1. The molecule has 0 radical (unpaired) electrons. The Bertz CT molecular complexity index is 1680. The fourth-order valence-electron chi connectivity index (χ4n) is 4.14. The minimum atomic E-state index is -0.571. The summed E-state index contributed by atoms with van der Waals surface area (Å²) in [4.78, 5) is 33.8. The van der Waals surface area contributed by atoms with Crippen LogP contribution in [0.1, 0.15) is 15.9 Å². The van der Waals surface area contributed by atoms with Crippen molar-refractivity contribution < 1.29 is 18.8 Å². The number of nitrogens with one attached hydrogen (secondary N) is 2. The highest BCUT2D eigenvalue weighted by molar-refractivity contribution is 5.95. The molecule has 1 amide bonds. The van der Waals surface area contributed by atoms with Gasteiger partial charge < -0.3 is 9.25 Å². The number of benzene rings is 4. The standard InChI is InChI=1S/C29H20N4O4/c34-26(37-33-28(35)20-6-2-1-3-7-20)14-18-10-12-19(13-11-18)27-23(17-30-32-27)29-31-24-15-21-8-4-5-9-22(21)16-25(24)36-29/h1-13,15-17H,14H2,(H,30,32)(H,33,35). The summed E-state index contributed by atoms with van der Waals surface area (Å²) in [5.74, 6) is -0.586. The molecular formula is C29H20N4O4. The van der Waals surface area contributed by atoms with Crippen LogP contribution in [0.2, 0.25) is 0 Å². The first-order chi connectivity index (χ1) is 18.1. The van der Waals surface area contributed by atoms with Gasteiger partial charge in [0.15, 0.2) is 5.58 Å². The van der Waals surface area contributed by atoms with E-state index < -0.39 is 11.9 Å². The number of aromatic nitrogens is 3. The maximum atomic E-state index is 12.2. The van der Waals surface area contributed by atoms with Crippen molar-refractivity contribution in [3.63, 3.8) is 0 Å². The smallest absolute Gasteiger partial charge is 0.336 e. The first-order valence-corrected chi connectivity index (χ1v) is 11.6. The molecule has 6 aromatic rings. The van der Waals surface area contributed by atoms with Crippen molar-refractivity contribution in [2.45, 2.75) is 6.42 Å². The molecule has 4 aromatic carbocycles. The Balaban J connectivity index is 1.16. The van der Waals surface area contributed by atoms with E-state index in [0.29, 0.717) is 17.0 Å². The zero-order chi connectivity index (χ0) is 25.2. The molecule has 37 heavy (non-hydrogen) atoms. The maximum Gasteiger partial charge on any atom is 0.336 e. The predicted octanol–water partition coefficient (Wildman–Crippen LogP) is 5.47. The van der Waals surface area contributed by atoms with Gasteiger partial charge in [0.05, 0.1) is 23.9 Å². The van der Waals surface area contributed by atoms with Crippen molar-refractivity contribution >= 4 is 33.7 Å². The molecule has 2 aromatic heterocycles. The Morgan fingerprint density at radius 3 is 2.41 bits per heavy atom. The van der Waals surface area contributed by atoms with E-state index in [4.69, 9.17) is 9.25 Å². The molecule has 0 bridgehead atoms. The van der Waals surface area contributed by atoms with Gasteiger partial charge in [0.2, 0.25) is 5.89 Å². The second-order valence-electron chi connectivity index (χ2n) is 8.49. The summed E-state index contributed by atoms with van der Waals surface area (Å²) >= 11 is 0. The molecule has 0 aliphatic heterocycles. The number of hydrogen-bond donors (Lipinski definition) is 2. The van der Waals surface area contributed by atoms with Gasteiger partial charge in [-0.15, -0.1) is 0 Å². The molecule has 8 heteroatoms. The number of nitrogens with zero attached hydrogens (tertiary/aromatic N) is 2. The van der Waals surface area contributed by atoms with E-state index in [2.05, 4.69) is 20.7 Å². The van der Waals surface area contributed by atoms with Crippen molar-refractivity contribution in [2.75, 3.05) is 0 Å².